The highest BCUT2D eigenvalue weighted by Gasteiger charge is 2.09. The van der Waals surface area contributed by atoms with E-state index in [0.29, 0.717) is 33.9 Å². The van der Waals surface area contributed by atoms with Gasteiger partial charge in [-0.25, -0.2) is 9.37 Å². The van der Waals surface area contributed by atoms with Crippen molar-refractivity contribution in [3.05, 3.63) is 89.4 Å². The first kappa shape index (κ1) is 23.5. The van der Waals surface area contributed by atoms with E-state index in [4.69, 9.17) is 10.5 Å². The molecule has 176 valence electrons. The van der Waals surface area contributed by atoms with E-state index in [0.717, 1.165) is 16.7 Å². The van der Waals surface area contributed by atoms with Crippen LogP contribution in [0.4, 0.5) is 15.9 Å². The Kier molecular flexibility index (Phi) is 7.07. The van der Waals surface area contributed by atoms with Gasteiger partial charge in [-0.05, 0) is 42.8 Å². The zero-order valence-electron chi connectivity index (χ0n) is 19.4. The third kappa shape index (κ3) is 5.84. The Morgan fingerprint density at radius 3 is 2.71 bits per heavy atom. The molecular weight excluding hydrogens is 445 g/mol. The summed E-state index contributed by atoms with van der Waals surface area (Å²) in [5, 5.41) is 7.02. The summed E-state index contributed by atoms with van der Waals surface area (Å²) in [4.78, 5) is 17.1. The number of nitrogens with zero attached hydrogens (tertiary/aromatic N) is 3. The minimum Gasteiger partial charge on any atom is -0.491 e. The number of benzene rings is 2. The van der Waals surface area contributed by atoms with Crippen LogP contribution >= 0.6 is 0 Å². The molecular formula is C27H24FN5O2. The molecule has 8 heteroatoms. The van der Waals surface area contributed by atoms with E-state index in [1.165, 1.54) is 0 Å². The van der Waals surface area contributed by atoms with Crippen LogP contribution in [0.5, 0.6) is 5.75 Å². The van der Waals surface area contributed by atoms with Crippen LogP contribution in [0.25, 0.3) is 11.1 Å². The number of carbonyl (C=O) groups is 1. The van der Waals surface area contributed by atoms with Gasteiger partial charge >= 0.3 is 0 Å². The second-order valence-electron chi connectivity index (χ2n) is 7.86. The van der Waals surface area contributed by atoms with Gasteiger partial charge in [0.15, 0.2) is 0 Å². The van der Waals surface area contributed by atoms with Crippen LogP contribution in [0.15, 0.2) is 67.1 Å². The maximum atomic E-state index is 12.8. The number of nitrogens with two attached hydrogens (primary N) is 1. The molecule has 0 aliphatic rings. The first-order valence-corrected chi connectivity index (χ1v) is 10.9. The summed E-state index contributed by atoms with van der Waals surface area (Å²) in [6, 6.07) is 14.0. The predicted octanol–water partition coefficient (Wildman–Crippen LogP) is 4.37. The summed E-state index contributed by atoms with van der Waals surface area (Å²) in [7, 11) is 1.85. The van der Waals surface area contributed by atoms with Crippen LogP contribution < -0.4 is 15.8 Å². The molecule has 0 saturated heterocycles. The molecule has 0 radical (unpaired) electrons. The average Bonchev–Trinajstić information content (AvgIpc) is 3.29. The molecule has 4 aromatic rings. The molecule has 3 N–H and O–H groups in total. The number of anilines is 2. The number of rotatable bonds is 6. The number of nitrogen functional groups attached to an aromatic ring is 1. The van der Waals surface area contributed by atoms with Crippen LogP contribution in [0.2, 0.25) is 0 Å². The van der Waals surface area contributed by atoms with Crippen molar-refractivity contribution in [1.82, 2.24) is 14.8 Å². The van der Waals surface area contributed by atoms with Crippen LogP contribution in [-0.2, 0) is 7.05 Å². The molecule has 0 saturated carbocycles. The van der Waals surface area contributed by atoms with E-state index in [9.17, 15) is 9.18 Å². The Balaban J connectivity index is 1.56. The second kappa shape index (κ2) is 10.5. The van der Waals surface area contributed by atoms with Gasteiger partial charge in [-0.2, -0.15) is 5.10 Å². The van der Waals surface area contributed by atoms with E-state index in [-0.39, 0.29) is 12.5 Å². The van der Waals surface area contributed by atoms with Gasteiger partial charge in [-0.1, -0.05) is 24.0 Å². The molecule has 1 amide bonds. The quantitative estimate of drug-likeness (QED) is 0.409. The van der Waals surface area contributed by atoms with Gasteiger partial charge < -0.3 is 15.8 Å². The lowest BCUT2D eigenvalue weighted by Gasteiger charge is -2.09. The molecule has 0 spiro atoms. The highest BCUT2D eigenvalue weighted by Crippen LogP contribution is 2.22. The minimum atomic E-state index is -0.584. The number of carbonyl (C=O) groups excluding carboxylic acids is 1. The summed E-state index contributed by atoms with van der Waals surface area (Å²) in [5.41, 5.74) is 11.0. The molecule has 0 fully saturated rings. The maximum Gasteiger partial charge on any atom is 0.255 e. The Morgan fingerprint density at radius 2 is 1.94 bits per heavy atom. The molecule has 0 unspecified atom stereocenters. The van der Waals surface area contributed by atoms with E-state index in [1.807, 2.05) is 32.3 Å². The largest absolute Gasteiger partial charge is 0.491 e. The van der Waals surface area contributed by atoms with Gasteiger partial charge in [-0.15, -0.1) is 0 Å². The van der Waals surface area contributed by atoms with Crippen LogP contribution in [0, 0.1) is 18.8 Å². The van der Waals surface area contributed by atoms with Crippen LogP contribution in [0.3, 0.4) is 0 Å². The summed E-state index contributed by atoms with van der Waals surface area (Å²) in [6.45, 7) is 1.30. The van der Waals surface area contributed by atoms with E-state index < -0.39 is 6.67 Å². The third-order valence-corrected chi connectivity index (χ3v) is 5.23. The van der Waals surface area contributed by atoms with Crippen LogP contribution in [-0.4, -0.2) is 34.0 Å². The number of alkyl halides is 1. The lowest BCUT2D eigenvalue weighted by atomic mass is 10.0. The fraction of sp³-hybridized carbons (Fsp3) is 0.148. The van der Waals surface area contributed by atoms with Crippen molar-refractivity contribution in [2.75, 3.05) is 24.3 Å². The smallest absolute Gasteiger partial charge is 0.255 e. The number of halogens is 1. The second-order valence-corrected chi connectivity index (χ2v) is 7.86. The fourth-order valence-corrected chi connectivity index (χ4v) is 3.36. The first-order valence-electron chi connectivity index (χ1n) is 10.9. The van der Waals surface area contributed by atoms with Crippen molar-refractivity contribution in [1.29, 1.82) is 0 Å². The highest BCUT2D eigenvalue weighted by atomic mass is 19.1. The normalized spacial score (nSPS) is 10.4. The lowest BCUT2D eigenvalue weighted by Crippen LogP contribution is -2.12. The number of aromatic nitrogens is 3. The van der Waals surface area contributed by atoms with E-state index in [2.05, 4.69) is 27.2 Å². The minimum absolute atomic E-state index is 0.0391. The number of aryl methyl sites for hydroxylation is 2. The zero-order valence-corrected chi connectivity index (χ0v) is 19.4. The summed E-state index contributed by atoms with van der Waals surface area (Å²) < 4.78 is 19.3. The van der Waals surface area contributed by atoms with Gasteiger partial charge in [-0.3, -0.25) is 9.48 Å². The Bertz CT molecular complexity index is 1440. The molecule has 2 aromatic heterocycles. The van der Waals surface area contributed by atoms with E-state index >= 15 is 0 Å². The molecule has 0 atom stereocenters. The molecule has 2 aromatic carbocycles. The highest BCUT2D eigenvalue weighted by molar-refractivity contribution is 6.04. The molecule has 0 aliphatic heterocycles. The van der Waals surface area contributed by atoms with Crippen molar-refractivity contribution in [2.24, 2.45) is 7.05 Å². The lowest BCUT2D eigenvalue weighted by molar-refractivity contribution is 0.102. The van der Waals surface area contributed by atoms with Crippen molar-refractivity contribution in [3.63, 3.8) is 0 Å². The van der Waals surface area contributed by atoms with Crippen molar-refractivity contribution >= 4 is 17.4 Å². The monoisotopic (exact) mass is 469 g/mol. The van der Waals surface area contributed by atoms with Crippen molar-refractivity contribution < 1.29 is 13.9 Å². The fourth-order valence-electron chi connectivity index (χ4n) is 3.36. The number of pyridine rings is 1. The van der Waals surface area contributed by atoms with E-state index in [1.54, 1.807) is 53.5 Å². The van der Waals surface area contributed by atoms with Gasteiger partial charge in [0.25, 0.3) is 5.91 Å². The molecule has 0 bridgehead atoms. The van der Waals surface area contributed by atoms with Crippen LogP contribution in [0.1, 0.15) is 27.0 Å². The zero-order chi connectivity index (χ0) is 24.8. The summed E-state index contributed by atoms with van der Waals surface area (Å²) in [5.74, 6) is 6.72. The SMILES string of the molecule is Cc1ccc(C(=O)Nc2cccc(OCCF)c2)cc1C#Cc1cc(-c2cnn(C)c2)cnc1N. The maximum absolute atomic E-state index is 12.8. The molecule has 2 heterocycles. The third-order valence-electron chi connectivity index (χ3n) is 5.23. The van der Waals surface area contributed by atoms with Gasteiger partial charge in [0.2, 0.25) is 0 Å². The van der Waals surface area contributed by atoms with Gasteiger partial charge in [0.1, 0.15) is 24.8 Å². The molecule has 7 nitrogen and oxygen atoms in total. The standard InChI is InChI=1S/C27H24FN5O2/c1-18-6-7-21(27(34)32-24-4-3-5-25(14-24)35-11-10-28)12-19(18)8-9-20-13-22(15-30-26(20)29)23-16-31-33(2)17-23/h3-7,12-17H,10-11H2,1-2H3,(H2,29,30)(H,32,34). The number of amides is 1. The average molecular weight is 470 g/mol. The summed E-state index contributed by atoms with van der Waals surface area (Å²) in [6.07, 6.45) is 5.32. The number of hydrogen-bond donors (Lipinski definition) is 2. The first-order chi connectivity index (χ1) is 16.9. The van der Waals surface area contributed by atoms with Crippen molar-refractivity contribution in [2.45, 2.75) is 6.92 Å². The number of hydrogen-bond acceptors (Lipinski definition) is 5. The van der Waals surface area contributed by atoms with Crippen molar-refractivity contribution in [3.8, 4) is 28.7 Å². The Labute approximate surface area is 202 Å². The van der Waals surface area contributed by atoms with Gasteiger partial charge in [0.05, 0.1) is 11.8 Å². The molecule has 0 aliphatic carbocycles. The Morgan fingerprint density at radius 1 is 1.11 bits per heavy atom. The molecule has 35 heavy (non-hydrogen) atoms. The molecule has 4 rings (SSSR count). The number of nitrogens with one attached hydrogen (secondary N) is 1. The van der Waals surface area contributed by atoms with Gasteiger partial charge in [0, 0.05) is 53.4 Å². The summed E-state index contributed by atoms with van der Waals surface area (Å²) >= 11 is 0. The topological polar surface area (TPSA) is 95.1 Å². The predicted molar refractivity (Wildman–Crippen MR) is 134 cm³/mol. The number of ether oxygens (including phenoxy) is 1. The Hall–Kier alpha value is -4.64.